The summed E-state index contributed by atoms with van der Waals surface area (Å²) in [5, 5.41) is 11.0. The maximum absolute atomic E-state index is 13.7. The van der Waals surface area contributed by atoms with Crippen molar-refractivity contribution in [3.63, 3.8) is 0 Å². The Morgan fingerprint density at radius 3 is 2.96 bits per heavy atom. The number of guanidine groups is 1. The molecule has 2 aromatic rings. The predicted octanol–water partition coefficient (Wildman–Crippen LogP) is 2.81. The first-order valence-electron chi connectivity index (χ1n) is 8.86. The van der Waals surface area contributed by atoms with Crippen LogP contribution >= 0.6 is 24.0 Å². The maximum atomic E-state index is 13.7. The molecular weight excluding hydrogens is 462 g/mol. The van der Waals surface area contributed by atoms with E-state index in [1.54, 1.807) is 25.2 Å². The standard InChI is InChI=1S/C18H25FN6O.HI/c1-12(26-16-9-5-4-7-14(16)19)11-21-18(20-3)23-15-8-6-10-25-17(15)22-13(2)24-25;/h4-5,7,9,12,15H,6,8,10-11H2,1-3H3,(H2,20,21,23);1H. The van der Waals surface area contributed by atoms with Gasteiger partial charge in [0.25, 0.3) is 0 Å². The maximum Gasteiger partial charge on any atom is 0.191 e. The number of halogens is 2. The van der Waals surface area contributed by atoms with Crippen molar-refractivity contribution in [2.75, 3.05) is 13.6 Å². The summed E-state index contributed by atoms with van der Waals surface area (Å²) in [5.41, 5.74) is 0. The van der Waals surface area contributed by atoms with Gasteiger partial charge in [-0.25, -0.2) is 14.1 Å². The molecule has 1 aliphatic heterocycles. The molecule has 27 heavy (non-hydrogen) atoms. The minimum Gasteiger partial charge on any atom is -0.486 e. The predicted molar refractivity (Wildman–Crippen MR) is 113 cm³/mol. The molecule has 3 rings (SSSR count). The number of benzene rings is 1. The van der Waals surface area contributed by atoms with Crippen molar-refractivity contribution < 1.29 is 9.13 Å². The number of aromatic nitrogens is 3. The first-order chi connectivity index (χ1) is 12.6. The van der Waals surface area contributed by atoms with Crippen molar-refractivity contribution in [1.29, 1.82) is 0 Å². The topological polar surface area (TPSA) is 76.4 Å². The molecule has 0 saturated carbocycles. The van der Waals surface area contributed by atoms with E-state index in [2.05, 4.69) is 25.7 Å². The third-order valence-electron chi connectivity index (χ3n) is 4.24. The molecule has 0 amide bonds. The van der Waals surface area contributed by atoms with E-state index >= 15 is 0 Å². The highest BCUT2D eigenvalue weighted by atomic mass is 127. The van der Waals surface area contributed by atoms with Crippen LogP contribution in [-0.2, 0) is 6.54 Å². The number of rotatable bonds is 5. The second-order valence-corrected chi connectivity index (χ2v) is 6.39. The Balaban J connectivity index is 0.00000261. The van der Waals surface area contributed by atoms with Crippen molar-refractivity contribution in [1.82, 2.24) is 25.4 Å². The fraction of sp³-hybridized carbons (Fsp3) is 0.500. The lowest BCUT2D eigenvalue weighted by atomic mass is 10.1. The quantitative estimate of drug-likeness (QED) is 0.385. The zero-order chi connectivity index (χ0) is 18.5. The Labute approximate surface area is 175 Å². The van der Waals surface area contributed by atoms with Crippen LogP contribution in [0.1, 0.15) is 37.5 Å². The molecule has 7 nitrogen and oxygen atoms in total. The lowest BCUT2D eigenvalue weighted by Crippen LogP contribution is -2.44. The number of hydrogen-bond acceptors (Lipinski definition) is 4. The summed E-state index contributed by atoms with van der Waals surface area (Å²) in [5.74, 6) is 2.27. The highest BCUT2D eigenvalue weighted by Crippen LogP contribution is 2.22. The Morgan fingerprint density at radius 2 is 2.22 bits per heavy atom. The summed E-state index contributed by atoms with van der Waals surface area (Å²) in [7, 11) is 1.72. The van der Waals surface area contributed by atoms with Crippen molar-refractivity contribution in [3.05, 3.63) is 41.7 Å². The average molecular weight is 488 g/mol. The molecule has 1 aliphatic rings. The first kappa shape index (κ1) is 21.4. The molecule has 0 fully saturated rings. The molecule has 2 unspecified atom stereocenters. The number of fused-ring (bicyclic) bond motifs is 1. The summed E-state index contributed by atoms with van der Waals surface area (Å²) in [6.07, 6.45) is 1.79. The van der Waals surface area contributed by atoms with Crippen LogP contribution in [0.3, 0.4) is 0 Å². The van der Waals surface area contributed by atoms with Gasteiger partial charge in [0.05, 0.1) is 12.6 Å². The van der Waals surface area contributed by atoms with Crippen molar-refractivity contribution >= 4 is 29.9 Å². The second-order valence-electron chi connectivity index (χ2n) is 6.39. The molecule has 1 aromatic heterocycles. The Kier molecular flexibility index (Phi) is 7.81. The van der Waals surface area contributed by atoms with Gasteiger partial charge in [-0.2, -0.15) is 5.10 Å². The molecule has 0 aliphatic carbocycles. The Morgan fingerprint density at radius 1 is 1.44 bits per heavy atom. The molecule has 2 atom stereocenters. The number of hydrogen-bond donors (Lipinski definition) is 2. The minimum absolute atomic E-state index is 0. The summed E-state index contributed by atoms with van der Waals surface area (Å²) < 4.78 is 21.3. The van der Waals surface area contributed by atoms with E-state index in [4.69, 9.17) is 4.74 Å². The third-order valence-corrected chi connectivity index (χ3v) is 4.24. The molecular formula is C18H26FIN6O. The van der Waals surface area contributed by atoms with Crippen molar-refractivity contribution in [3.8, 4) is 5.75 Å². The zero-order valence-corrected chi connectivity index (χ0v) is 18.1. The highest BCUT2D eigenvalue weighted by Gasteiger charge is 2.24. The molecule has 0 saturated heterocycles. The molecule has 1 aromatic carbocycles. The number of nitrogens with one attached hydrogen (secondary N) is 2. The zero-order valence-electron chi connectivity index (χ0n) is 15.8. The smallest absolute Gasteiger partial charge is 0.191 e. The Bertz CT molecular complexity index is 781. The SMILES string of the molecule is CN=C(NCC(C)Oc1ccccc1F)NC1CCCn2nc(C)nc21.I. The van der Waals surface area contributed by atoms with Gasteiger partial charge < -0.3 is 15.4 Å². The normalized spacial score (nSPS) is 17.5. The summed E-state index contributed by atoms with van der Waals surface area (Å²) >= 11 is 0. The van der Waals surface area contributed by atoms with Gasteiger partial charge in [0, 0.05) is 13.6 Å². The van der Waals surface area contributed by atoms with Gasteiger partial charge in [-0.3, -0.25) is 4.99 Å². The van der Waals surface area contributed by atoms with E-state index in [1.807, 2.05) is 18.5 Å². The fourth-order valence-corrected chi connectivity index (χ4v) is 3.00. The number of ether oxygens (including phenoxy) is 1. The van der Waals surface area contributed by atoms with Crippen LogP contribution in [0.2, 0.25) is 0 Å². The van der Waals surface area contributed by atoms with Crippen LogP contribution in [0.5, 0.6) is 5.75 Å². The number of nitrogens with zero attached hydrogens (tertiary/aromatic N) is 4. The van der Waals surface area contributed by atoms with Gasteiger partial charge in [0.1, 0.15) is 17.8 Å². The minimum atomic E-state index is -0.362. The van der Waals surface area contributed by atoms with Gasteiger partial charge in [0.15, 0.2) is 17.5 Å². The summed E-state index contributed by atoms with van der Waals surface area (Å²) in [4.78, 5) is 8.79. The number of para-hydroxylation sites is 1. The van der Waals surface area contributed by atoms with Gasteiger partial charge >= 0.3 is 0 Å². The molecule has 148 valence electrons. The fourth-order valence-electron chi connectivity index (χ4n) is 3.00. The van der Waals surface area contributed by atoms with Crippen LogP contribution in [0.25, 0.3) is 0 Å². The van der Waals surface area contributed by atoms with E-state index in [-0.39, 0.29) is 47.7 Å². The van der Waals surface area contributed by atoms with Crippen LogP contribution in [0.4, 0.5) is 4.39 Å². The lowest BCUT2D eigenvalue weighted by molar-refractivity contribution is 0.213. The Hall–Kier alpha value is -1.91. The van der Waals surface area contributed by atoms with Crippen LogP contribution in [0, 0.1) is 12.7 Å². The van der Waals surface area contributed by atoms with Gasteiger partial charge in [0.2, 0.25) is 0 Å². The first-order valence-corrected chi connectivity index (χ1v) is 8.86. The molecule has 0 radical (unpaired) electrons. The van der Waals surface area contributed by atoms with Crippen LogP contribution in [-0.4, -0.2) is 40.4 Å². The molecule has 2 heterocycles. The third kappa shape index (κ3) is 5.53. The van der Waals surface area contributed by atoms with Crippen molar-refractivity contribution in [2.45, 2.75) is 45.4 Å². The molecule has 0 bridgehead atoms. The van der Waals surface area contributed by atoms with Gasteiger partial charge in [-0.15, -0.1) is 24.0 Å². The molecule has 2 N–H and O–H groups in total. The van der Waals surface area contributed by atoms with E-state index in [9.17, 15) is 4.39 Å². The molecule has 9 heteroatoms. The largest absolute Gasteiger partial charge is 0.486 e. The van der Waals surface area contributed by atoms with Gasteiger partial charge in [-0.1, -0.05) is 12.1 Å². The van der Waals surface area contributed by atoms with Crippen LogP contribution in [0.15, 0.2) is 29.3 Å². The lowest BCUT2D eigenvalue weighted by Gasteiger charge is -2.25. The summed E-state index contributed by atoms with van der Waals surface area (Å²) in [6.45, 7) is 5.17. The van der Waals surface area contributed by atoms with E-state index in [1.165, 1.54) is 6.07 Å². The van der Waals surface area contributed by atoms with E-state index < -0.39 is 0 Å². The van der Waals surface area contributed by atoms with E-state index in [0.717, 1.165) is 31.0 Å². The summed E-state index contributed by atoms with van der Waals surface area (Å²) in [6, 6.07) is 6.47. The molecule has 0 spiro atoms. The van der Waals surface area contributed by atoms with Crippen LogP contribution < -0.4 is 15.4 Å². The highest BCUT2D eigenvalue weighted by molar-refractivity contribution is 14.0. The average Bonchev–Trinajstić information content (AvgIpc) is 3.01. The number of aryl methyl sites for hydroxylation is 2. The number of aliphatic imine (C=N–C) groups is 1. The monoisotopic (exact) mass is 488 g/mol. The second kappa shape index (κ2) is 9.86. The van der Waals surface area contributed by atoms with Gasteiger partial charge in [-0.05, 0) is 38.8 Å². The van der Waals surface area contributed by atoms with E-state index in [0.29, 0.717) is 12.5 Å². The van der Waals surface area contributed by atoms with Crippen molar-refractivity contribution in [2.24, 2.45) is 4.99 Å².